The van der Waals surface area contributed by atoms with E-state index >= 15 is 0 Å². The van der Waals surface area contributed by atoms with Crippen molar-refractivity contribution in [1.29, 1.82) is 0 Å². The molecule has 0 radical (unpaired) electrons. The molecule has 0 aliphatic heterocycles. The van der Waals surface area contributed by atoms with Crippen LogP contribution in [0.15, 0.2) is 0 Å². The second kappa shape index (κ2) is 7.30. The van der Waals surface area contributed by atoms with Gasteiger partial charge < -0.3 is 15.3 Å². The Bertz CT molecular complexity index is 115. The van der Waals surface area contributed by atoms with Gasteiger partial charge in [0.15, 0.2) is 0 Å². The molecule has 2 N–H and O–H groups in total. The van der Waals surface area contributed by atoms with Crippen molar-refractivity contribution in [3.05, 3.63) is 0 Å². The molecule has 0 saturated heterocycles. The molecule has 0 aliphatic rings. The Labute approximate surface area is 82.1 Å². The van der Waals surface area contributed by atoms with Crippen LogP contribution in [0.2, 0.25) is 0 Å². The molecule has 0 saturated carbocycles. The van der Waals surface area contributed by atoms with E-state index in [1.54, 1.807) is 0 Å². The second-order valence-corrected chi connectivity index (χ2v) is 4.29. The number of likely N-dealkylation sites (N-methyl/N-ethyl adjacent to an activating group) is 1. The van der Waals surface area contributed by atoms with Gasteiger partial charge in [-0.05, 0) is 26.4 Å². The highest BCUT2D eigenvalue weighted by Crippen LogP contribution is 2.02. The van der Waals surface area contributed by atoms with Crippen molar-refractivity contribution >= 4 is 0 Å². The van der Waals surface area contributed by atoms with Crippen LogP contribution in [0.5, 0.6) is 0 Å². The lowest BCUT2D eigenvalue weighted by atomic mass is 10.1. The molecule has 0 amide bonds. The molecule has 1 unspecified atom stereocenters. The molecular formula is C10H24N2O. The third kappa shape index (κ3) is 9.80. The average Bonchev–Trinajstić information content (AvgIpc) is 1.96. The molecule has 13 heavy (non-hydrogen) atoms. The molecule has 0 spiro atoms. The van der Waals surface area contributed by atoms with E-state index in [0.29, 0.717) is 12.5 Å². The highest BCUT2D eigenvalue weighted by Gasteiger charge is 2.05. The summed E-state index contributed by atoms with van der Waals surface area (Å²) in [5, 5.41) is 12.7. The van der Waals surface area contributed by atoms with Crippen molar-refractivity contribution in [2.75, 3.05) is 33.7 Å². The molecule has 80 valence electrons. The first kappa shape index (κ1) is 12.9. The minimum Gasteiger partial charge on any atom is -0.392 e. The van der Waals surface area contributed by atoms with Gasteiger partial charge in [0.1, 0.15) is 0 Å². The Hall–Kier alpha value is -0.120. The van der Waals surface area contributed by atoms with E-state index in [1.807, 2.05) is 14.1 Å². The van der Waals surface area contributed by atoms with Crippen molar-refractivity contribution in [2.24, 2.45) is 5.92 Å². The molecule has 3 heteroatoms. The van der Waals surface area contributed by atoms with Gasteiger partial charge in [0.05, 0.1) is 6.10 Å². The Kier molecular flexibility index (Phi) is 7.23. The standard InChI is InChI=1S/C10H24N2O/c1-9(2)7-10(13)8-11-5-6-12(3)4/h9-11,13H,5-8H2,1-4H3. The fourth-order valence-electron chi connectivity index (χ4n) is 1.20. The highest BCUT2D eigenvalue weighted by molar-refractivity contribution is 4.62. The zero-order valence-electron chi connectivity index (χ0n) is 9.38. The molecule has 0 aromatic rings. The van der Waals surface area contributed by atoms with Crippen molar-refractivity contribution in [1.82, 2.24) is 10.2 Å². The van der Waals surface area contributed by atoms with Gasteiger partial charge >= 0.3 is 0 Å². The van der Waals surface area contributed by atoms with Gasteiger partial charge in [-0.25, -0.2) is 0 Å². The maximum absolute atomic E-state index is 9.51. The Balaban J connectivity index is 3.22. The van der Waals surface area contributed by atoms with E-state index in [9.17, 15) is 5.11 Å². The van der Waals surface area contributed by atoms with Gasteiger partial charge in [-0.2, -0.15) is 0 Å². The molecule has 0 aliphatic carbocycles. The zero-order valence-corrected chi connectivity index (χ0v) is 9.38. The van der Waals surface area contributed by atoms with Gasteiger partial charge in [-0.3, -0.25) is 0 Å². The van der Waals surface area contributed by atoms with Crippen LogP contribution in [0.3, 0.4) is 0 Å². The van der Waals surface area contributed by atoms with Crippen LogP contribution in [0.4, 0.5) is 0 Å². The fourth-order valence-corrected chi connectivity index (χ4v) is 1.20. The lowest BCUT2D eigenvalue weighted by molar-refractivity contribution is 0.146. The number of aliphatic hydroxyl groups excluding tert-OH is 1. The fraction of sp³-hybridized carbons (Fsp3) is 1.00. The predicted octanol–water partition coefficient (Wildman–Crippen LogP) is 0.545. The van der Waals surface area contributed by atoms with Crippen LogP contribution >= 0.6 is 0 Å². The lowest BCUT2D eigenvalue weighted by Gasteiger charge is -2.15. The van der Waals surface area contributed by atoms with Crippen LogP contribution in [0.25, 0.3) is 0 Å². The Morgan fingerprint density at radius 1 is 1.31 bits per heavy atom. The van der Waals surface area contributed by atoms with Crippen LogP contribution < -0.4 is 5.32 Å². The number of hydrogen-bond donors (Lipinski definition) is 2. The van der Waals surface area contributed by atoms with Gasteiger partial charge in [-0.15, -0.1) is 0 Å². The lowest BCUT2D eigenvalue weighted by Crippen LogP contribution is -2.33. The Morgan fingerprint density at radius 3 is 2.38 bits per heavy atom. The normalized spacial score (nSPS) is 14.1. The van der Waals surface area contributed by atoms with Crippen molar-refractivity contribution in [2.45, 2.75) is 26.4 Å². The molecule has 0 heterocycles. The maximum atomic E-state index is 9.51. The van der Waals surface area contributed by atoms with E-state index in [4.69, 9.17) is 0 Å². The molecule has 0 aromatic heterocycles. The summed E-state index contributed by atoms with van der Waals surface area (Å²) in [4.78, 5) is 2.13. The van der Waals surface area contributed by atoms with Gasteiger partial charge in [0.2, 0.25) is 0 Å². The number of nitrogens with one attached hydrogen (secondary N) is 1. The smallest absolute Gasteiger partial charge is 0.0667 e. The van der Waals surface area contributed by atoms with E-state index in [0.717, 1.165) is 19.5 Å². The number of rotatable bonds is 7. The van der Waals surface area contributed by atoms with Gasteiger partial charge in [0.25, 0.3) is 0 Å². The van der Waals surface area contributed by atoms with E-state index < -0.39 is 0 Å². The number of aliphatic hydroxyl groups is 1. The summed E-state index contributed by atoms with van der Waals surface area (Å²) in [5.74, 6) is 0.575. The monoisotopic (exact) mass is 188 g/mol. The number of hydrogen-bond acceptors (Lipinski definition) is 3. The van der Waals surface area contributed by atoms with E-state index in [1.165, 1.54) is 0 Å². The van der Waals surface area contributed by atoms with Gasteiger partial charge in [0, 0.05) is 19.6 Å². The summed E-state index contributed by atoms with van der Waals surface area (Å²) in [5.41, 5.74) is 0. The first-order valence-electron chi connectivity index (χ1n) is 5.06. The third-order valence-corrected chi connectivity index (χ3v) is 1.86. The summed E-state index contributed by atoms with van der Waals surface area (Å²) in [6.07, 6.45) is 0.691. The molecule has 1 atom stereocenters. The first-order chi connectivity index (χ1) is 6.02. The quantitative estimate of drug-likeness (QED) is 0.573. The highest BCUT2D eigenvalue weighted by atomic mass is 16.3. The largest absolute Gasteiger partial charge is 0.392 e. The van der Waals surface area contributed by atoms with Crippen molar-refractivity contribution < 1.29 is 5.11 Å². The molecule has 0 bridgehead atoms. The topological polar surface area (TPSA) is 35.5 Å². The van der Waals surface area contributed by atoms with E-state index in [2.05, 4.69) is 24.1 Å². The summed E-state index contributed by atoms with van der Waals surface area (Å²) < 4.78 is 0. The maximum Gasteiger partial charge on any atom is 0.0667 e. The first-order valence-corrected chi connectivity index (χ1v) is 5.06. The van der Waals surface area contributed by atoms with Crippen LogP contribution in [0.1, 0.15) is 20.3 Å². The zero-order chi connectivity index (χ0) is 10.3. The summed E-state index contributed by atoms with van der Waals surface area (Å²) in [6.45, 7) is 6.94. The SMILES string of the molecule is CC(C)CC(O)CNCCN(C)C. The molecule has 0 aromatic carbocycles. The molecule has 3 nitrogen and oxygen atoms in total. The van der Waals surface area contributed by atoms with E-state index in [-0.39, 0.29) is 6.10 Å². The van der Waals surface area contributed by atoms with Crippen LogP contribution in [-0.2, 0) is 0 Å². The summed E-state index contributed by atoms with van der Waals surface area (Å²) >= 11 is 0. The molecule has 0 rings (SSSR count). The van der Waals surface area contributed by atoms with Crippen LogP contribution in [-0.4, -0.2) is 49.8 Å². The molecular weight excluding hydrogens is 164 g/mol. The van der Waals surface area contributed by atoms with Crippen LogP contribution in [0, 0.1) is 5.92 Å². The third-order valence-electron chi connectivity index (χ3n) is 1.86. The molecule has 0 fully saturated rings. The summed E-state index contributed by atoms with van der Waals surface area (Å²) in [7, 11) is 4.10. The van der Waals surface area contributed by atoms with Gasteiger partial charge in [-0.1, -0.05) is 13.8 Å². The summed E-state index contributed by atoms with van der Waals surface area (Å²) in [6, 6.07) is 0. The average molecular weight is 188 g/mol. The Morgan fingerprint density at radius 2 is 1.92 bits per heavy atom. The second-order valence-electron chi connectivity index (χ2n) is 4.29. The van der Waals surface area contributed by atoms with Crippen molar-refractivity contribution in [3.63, 3.8) is 0 Å². The number of nitrogens with zero attached hydrogens (tertiary/aromatic N) is 1. The predicted molar refractivity (Wildman–Crippen MR) is 56.9 cm³/mol. The minimum absolute atomic E-state index is 0.192. The van der Waals surface area contributed by atoms with Crippen molar-refractivity contribution in [3.8, 4) is 0 Å². The minimum atomic E-state index is -0.192.